The summed E-state index contributed by atoms with van der Waals surface area (Å²) < 4.78 is 17.3. The fourth-order valence-electron chi connectivity index (χ4n) is 5.03. The third-order valence-electron chi connectivity index (χ3n) is 6.27. The molecular weight excluding hydrogens is 457 g/mol. The highest BCUT2D eigenvalue weighted by Gasteiger charge is 2.53. The summed E-state index contributed by atoms with van der Waals surface area (Å²) in [4.78, 5) is 6.94. The number of fused-ring (bicyclic) bond motifs is 6. The van der Waals surface area contributed by atoms with Gasteiger partial charge in [-0.25, -0.2) is 0 Å². The van der Waals surface area contributed by atoms with E-state index in [1.54, 1.807) is 0 Å². The van der Waals surface area contributed by atoms with Crippen LogP contribution in [0.1, 0.15) is 18.4 Å². The van der Waals surface area contributed by atoms with Gasteiger partial charge in [0.1, 0.15) is 13.2 Å². The predicted octanol–water partition coefficient (Wildman–Crippen LogP) is 2.30. The molecule has 4 aliphatic heterocycles. The molecule has 4 unspecified atom stereocenters. The largest absolute Gasteiger partial charge is 0.486 e. The second-order valence-corrected chi connectivity index (χ2v) is 7.73. The minimum atomic E-state index is 0. The van der Waals surface area contributed by atoms with Crippen LogP contribution in [0.15, 0.2) is 23.2 Å². The number of aliphatic imine (C=N–C) groups is 1. The topological polar surface area (TPSA) is 55.3 Å². The lowest BCUT2D eigenvalue weighted by Gasteiger charge is -2.23. The Bertz CT molecular complexity index is 696. The zero-order chi connectivity index (χ0) is 17.5. The molecule has 0 spiro atoms. The Morgan fingerprint density at radius 3 is 2.52 bits per heavy atom. The molecular formula is C20H28IN3O3. The predicted molar refractivity (Wildman–Crippen MR) is 114 cm³/mol. The molecule has 0 aliphatic carbocycles. The molecule has 3 fully saturated rings. The van der Waals surface area contributed by atoms with Crippen LogP contribution >= 0.6 is 24.0 Å². The number of ether oxygens (including phenoxy) is 3. The molecule has 6 nitrogen and oxygen atoms in total. The van der Waals surface area contributed by atoms with E-state index in [1.807, 2.05) is 13.1 Å². The zero-order valence-electron chi connectivity index (χ0n) is 15.7. The fourth-order valence-corrected chi connectivity index (χ4v) is 5.03. The van der Waals surface area contributed by atoms with Crippen molar-refractivity contribution in [3.05, 3.63) is 23.8 Å². The van der Waals surface area contributed by atoms with Gasteiger partial charge in [-0.05, 0) is 37.0 Å². The number of halogens is 1. The van der Waals surface area contributed by atoms with Crippen LogP contribution in [0, 0.1) is 11.8 Å². The molecule has 4 aliphatic rings. The van der Waals surface area contributed by atoms with Crippen molar-refractivity contribution in [1.29, 1.82) is 0 Å². The van der Waals surface area contributed by atoms with Crippen LogP contribution in [0.5, 0.6) is 11.5 Å². The quantitative estimate of drug-likeness (QED) is 0.405. The molecule has 7 heteroatoms. The first-order chi connectivity index (χ1) is 12.8. The normalized spacial score (nSPS) is 30.9. The SMILES string of the molecule is CN=C(NCCc1ccc2c(c1)OCCO2)N1CC2C3CCC(O3)C2C1.I. The van der Waals surface area contributed by atoms with Crippen LogP contribution in [0.2, 0.25) is 0 Å². The molecule has 148 valence electrons. The molecule has 3 saturated heterocycles. The first-order valence-electron chi connectivity index (χ1n) is 9.81. The van der Waals surface area contributed by atoms with Crippen molar-refractivity contribution in [1.82, 2.24) is 10.2 Å². The van der Waals surface area contributed by atoms with Crippen molar-refractivity contribution >= 4 is 29.9 Å². The monoisotopic (exact) mass is 485 g/mol. The number of likely N-dealkylation sites (tertiary alicyclic amines) is 1. The molecule has 1 N–H and O–H groups in total. The van der Waals surface area contributed by atoms with Crippen LogP contribution in [0.4, 0.5) is 0 Å². The second kappa shape index (κ2) is 8.03. The third-order valence-corrected chi connectivity index (χ3v) is 6.27. The fraction of sp³-hybridized carbons (Fsp3) is 0.650. The minimum absolute atomic E-state index is 0. The summed E-state index contributed by atoms with van der Waals surface area (Å²) in [6.45, 7) is 4.28. The summed E-state index contributed by atoms with van der Waals surface area (Å²) in [6, 6.07) is 6.22. The van der Waals surface area contributed by atoms with E-state index in [2.05, 4.69) is 27.3 Å². The number of nitrogens with one attached hydrogen (secondary N) is 1. The maximum atomic E-state index is 6.08. The van der Waals surface area contributed by atoms with E-state index >= 15 is 0 Å². The van der Waals surface area contributed by atoms with Crippen molar-refractivity contribution in [2.45, 2.75) is 31.5 Å². The first kappa shape index (κ1) is 19.1. The number of benzene rings is 1. The maximum absolute atomic E-state index is 6.08. The van der Waals surface area contributed by atoms with E-state index in [0.29, 0.717) is 37.3 Å². The molecule has 0 saturated carbocycles. The van der Waals surface area contributed by atoms with E-state index in [-0.39, 0.29) is 24.0 Å². The van der Waals surface area contributed by atoms with Gasteiger partial charge in [-0.1, -0.05) is 6.07 Å². The van der Waals surface area contributed by atoms with E-state index in [1.165, 1.54) is 18.4 Å². The van der Waals surface area contributed by atoms with Gasteiger partial charge in [-0.2, -0.15) is 0 Å². The van der Waals surface area contributed by atoms with Gasteiger partial charge in [0.05, 0.1) is 12.2 Å². The third kappa shape index (κ3) is 3.60. The number of rotatable bonds is 3. The summed E-state index contributed by atoms with van der Waals surface area (Å²) >= 11 is 0. The molecule has 27 heavy (non-hydrogen) atoms. The molecule has 0 radical (unpaired) electrons. The van der Waals surface area contributed by atoms with E-state index in [4.69, 9.17) is 14.2 Å². The van der Waals surface area contributed by atoms with Crippen molar-refractivity contribution in [2.24, 2.45) is 16.8 Å². The first-order valence-corrected chi connectivity index (χ1v) is 9.81. The summed E-state index contributed by atoms with van der Waals surface area (Å²) in [5.41, 5.74) is 1.25. The summed E-state index contributed by atoms with van der Waals surface area (Å²) in [5.74, 6) is 4.14. The highest BCUT2D eigenvalue weighted by atomic mass is 127. The lowest BCUT2D eigenvalue weighted by molar-refractivity contribution is 0.0767. The number of hydrogen-bond donors (Lipinski definition) is 1. The maximum Gasteiger partial charge on any atom is 0.193 e. The van der Waals surface area contributed by atoms with Gasteiger partial charge in [-0.3, -0.25) is 4.99 Å². The second-order valence-electron chi connectivity index (χ2n) is 7.73. The van der Waals surface area contributed by atoms with Crippen LogP contribution < -0.4 is 14.8 Å². The highest BCUT2D eigenvalue weighted by molar-refractivity contribution is 14.0. The van der Waals surface area contributed by atoms with Crippen molar-refractivity contribution < 1.29 is 14.2 Å². The Kier molecular flexibility index (Phi) is 5.68. The Morgan fingerprint density at radius 1 is 1.11 bits per heavy atom. The smallest absolute Gasteiger partial charge is 0.193 e. The number of guanidine groups is 1. The summed E-state index contributed by atoms with van der Waals surface area (Å²) in [7, 11) is 1.88. The van der Waals surface area contributed by atoms with Gasteiger partial charge < -0.3 is 24.4 Å². The molecule has 4 heterocycles. The van der Waals surface area contributed by atoms with Gasteiger partial charge in [0.15, 0.2) is 17.5 Å². The average Bonchev–Trinajstić information content (AvgIpc) is 3.38. The standard InChI is InChI=1S/C20H27N3O3.HI/c1-21-20(23-11-14-15(12-23)17-5-4-16(14)26-17)22-7-6-13-2-3-18-19(10-13)25-9-8-24-18;/h2-3,10,14-17H,4-9,11-12H2,1H3,(H,21,22);1H. The molecule has 5 rings (SSSR count). The van der Waals surface area contributed by atoms with Gasteiger partial charge >= 0.3 is 0 Å². The number of nitrogens with zero attached hydrogens (tertiary/aromatic N) is 2. The van der Waals surface area contributed by atoms with E-state index in [9.17, 15) is 0 Å². The lowest BCUT2D eigenvalue weighted by atomic mass is 9.82. The van der Waals surface area contributed by atoms with Gasteiger partial charge in [0.2, 0.25) is 0 Å². The van der Waals surface area contributed by atoms with Gasteiger partial charge in [-0.15, -0.1) is 24.0 Å². The Hall–Kier alpha value is -1.22. The van der Waals surface area contributed by atoms with Crippen molar-refractivity contribution in [3.63, 3.8) is 0 Å². The summed E-state index contributed by atoms with van der Waals surface area (Å²) in [5, 5.41) is 3.54. The van der Waals surface area contributed by atoms with Crippen molar-refractivity contribution in [3.8, 4) is 11.5 Å². The average molecular weight is 485 g/mol. The molecule has 1 aromatic carbocycles. The van der Waals surface area contributed by atoms with E-state index < -0.39 is 0 Å². The van der Waals surface area contributed by atoms with Crippen LogP contribution in [0.3, 0.4) is 0 Å². The summed E-state index contributed by atoms with van der Waals surface area (Å²) in [6.07, 6.45) is 4.41. The molecule has 0 aromatic heterocycles. The molecule has 1 aromatic rings. The number of hydrogen-bond acceptors (Lipinski definition) is 4. The van der Waals surface area contributed by atoms with Gasteiger partial charge in [0.25, 0.3) is 0 Å². The Morgan fingerprint density at radius 2 is 1.81 bits per heavy atom. The Balaban J connectivity index is 0.00000180. The van der Waals surface area contributed by atoms with Crippen LogP contribution in [-0.2, 0) is 11.2 Å². The van der Waals surface area contributed by atoms with Crippen LogP contribution in [0.25, 0.3) is 0 Å². The molecule has 0 amide bonds. The van der Waals surface area contributed by atoms with Crippen LogP contribution in [-0.4, -0.2) is 63.0 Å². The highest BCUT2D eigenvalue weighted by Crippen LogP contribution is 2.47. The lowest BCUT2D eigenvalue weighted by Crippen LogP contribution is -2.42. The Labute approximate surface area is 177 Å². The van der Waals surface area contributed by atoms with E-state index in [0.717, 1.165) is 43.5 Å². The minimum Gasteiger partial charge on any atom is -0.486 e. The van der Waals surface area contributed by atoms with Crippen molar-refractivity contribution in [2.75, 3.05) is 39.9 Å². The molecule has 4 atom stereocenters. The molecule has 2 bridgehead atoms. The van der Waals surface area contributed by atoms with Gasteiger partial charge in [0, 0.05) is 38.5 Å². The zero-order valence-corrected chi connectivity index (χ0v) is 18.1.